The highest BCUT2D eigenvalue weighted by Crippen LogP contribution is 2.43. The second-order valence-corrected chi connectivity index (χ2v) is 15.9. The van der Waals surface area contributed by atoms with Crippen molar-refractivity contribution in [2.75, 3.05) is 26.4 Å². The number of phosphoric ester groups is 1. The molecule has 0 spiro atoms. The molecule has 0 heterocycles. The van der Waals surface area contributed by atoms with E-state index in [1.54, 1.807) is 0 Å². The van der Waals surface area contributed by atoms with E-state index in [9.17, 15) is 24.2 Å². The third-order valence-corrected chi connectivity index (χ3v) is 10.1. The highest BCUT2D eigenvalue weighted by molar-refractivity contribution is 7.47. The molecule has 0 radical (unpaired) electrons. The zero-order valence-corrected chi connectivity index (χ0v) is 35.4. The molecule has 1 unspecified atom stereocenters. The lowest BCUT2D eigenvalue weighted by Crippen LogP contribution is -2.29. The number of rotatable bonds is 41. The fraction of sp³-hybridized carbons (Fsp3) is 0.773. The Morgan fingerprint density at radius 1 is 0.600 bits per heavy atom. The topological polar surface area (TPSA) is 149 Å². The van der Waals surface area contributed by atoms with Crippen LogP contribution in [0.5, 0.6) is 0 Å². The summed E-state index contributed by atoms with van der Waals surface area (Å²) >= 11 is 0. The molecule has 0 aromatic carbocycles. The van der Waals surface area contributed by atoms with Gasteiger partial charge in [-0.05, 0) is 57.8 Å². The van der Waals surface area contributed by atoms with Crippen LogP contribution in [0.15, 0.2) is 49.1 Å². The first-order valence-corrected chi connectivity index (χ1v) is 23.0. The van der Waals surface area contributed by atoms with Crippen LogP contribution in [-0.2, 0) is 32.7 Å². The van der Waals surface area contributed by atoms with Gasteiger partial charge >= 0.3 is 19.8 Å². The first-order valence-electron chi connectivity index (χ1n) is 21.6. The molecule has 0 fully saturated rings. The van der Waals surface area contributed by atoms with Crippen molar-refractivity contribution < 1.29 is 47.8 Å². The highest BCUT2D eigenvalue weighted by Gasteiger charge is 2.27. The van der Waals surface area contributed by atoms with Gasteiger partial charge in [0.15, 0.2) is 6.10 Å². The minimum Gasteiger partial charge on any atom is -0.462 e. The van der Waals surface area contributed by atoms with Gasteiger partial charge in [-0.3, -0.25) is 18.6 Å². The average molecular weight is 799 g/mol. The largest absolute Gasteiger partial charge is 0.472 e. The van der Waals surface area contributed by atoms with Crippen LogP contribution < -0.4 is 0 Å². The molecular weight excluding hydrogens is 719 g/mol. The maximum Gasteiger partial charge on any atom is 0.472 e. The van der Waals surface area contributed by atoms with Crippen LogP contribution in [0.2, 0.25) is 0 Å². The second kappa shape index (κ2) is 40.1. The minimum atomic E-state index is -4.63. The van der Waals surface area contributed by atoms with Crippen molar-refractivity contribution in [1.82, 2.24) is 0 Å². The van der Waals surface area contributed by atoms with E-state index in [0.717, 1.165) is 44.9 Å². The fourth-order valence-electron chi connectivity index (χ4n) is 5.75. The quantitative estimate of drug-likeness (QED) is 0.0236. The summed E-state index contributed by atoms with van der Waals surface area (Å²) in [7, 11) is -4.63. The minimum absolute atomic E-state index is 0.112. The van der Waals surface area contributed by atoms with E-state index in [4.69, 9.17) is 19.1 Å². The first-order chi connectivity index (χ1) is 26.7. The Bertz CT molecular complexity index is 1040. The monoisotopic (exact) mass is 799 g/mol. The lowest BCUT2D eigenvalue weighted by molar-refractivity contribution is -0.161. The Hall–Kier alpha value is -2.07. The molecule has 0 aromatic heterocycles. The van der Waals surface area contributed by atoms with Crippen LogP contribution in [0, 0.1) is 0 Å². The summed E-state index contributed by atoms with van der Waals surface area (Å²) < 4.78 is 32.6. The Morgan fingerprint density at radius 2 is 1.05 bits per heavy atom. The number of allylic oxidation sites excluding steroid dienone is 7. The van der Waals surface area contributed by atoms with Crippen molar-refractivity contribution in [3.63, 3.8) is 0 Å². The lowest BCUT2D eigenvalue weighted by atomic mass is 10.0. The summed E-state index contributed by atoms with van der Waals surface area (Å²) in [4.78, 5) is 34.9. The van der Waals surface area contributed by atoms with Crippen molar-refractivity contribution in [3.05, 3.63) is 49.1 Å². The molecule has 0 amide bonds. The number of phosphoric acid groups is 1. The number of carbonyl (C=O) groups excluding carboxylic acids is 2. The summed E-state index contributed by atoms with van der Waals surface area (Å²) in [5.41, 5.74) is 0. The van der Waals surface area contributed by atoms with Crippen LogP contribution in [0.1, 0.15) is 180 Å². The molecule has 320 valence electrons. The van der Waals surface area contributed by atoms with Gasteiger partial charge in [0.05, 0.1) is 19.8 Å². The number of esters is 2. The van der Waals surface area contributed by atoms with Crippen molar-refractivity contribution in [2.45, 2.75) is 192 Å². The van der Waals surface area contributed by atoms with Gasteiger partial charge in [-0.1, -0.05) is 152 Å². The Balaban J connectivity index is 4.37. The zero-order chi connectivity index (χ0) is 40.5. The molecule has 0 rings (SSSR count). The molecule has 3 atom stereocenters. The Labute approximate surface area is 334 Å². The average Bonchev–Trinajstić information content (AvgIpc) is 3.17. The Morgan fingerprint density at radius 3 is 1.60 bits per heavy atom. The summed E-state index contributed by atoms with van der Waals surface area (Å²) in [5.74, 6) is -0.988. The second-order valence-electron chi connectivity index (χ2n) is 14.4. The molecular formula is C44H79O10P. The van der Waals surface area contributed by atoms with E-state index in [1.807, 2.05) is 12.2 Å². The lowest BCUT2D eigenvalue weighted by Gasteiger charge is -2.20. The third-order valence-electron chi connectivity index (χ3n) is 9.10. The van der Waals surface area contributed by atoms with Gasteiger partial charge in [0.1, 0.15) is 12.7 Å². The zero-order valence-electron chi connectivity index (χ0n) is 34.5. The van der Waals surface area contributed by atoms with Gasteiger partial charge in [-0.15, -0.1) is 6.58 Å². The number of hydrogen-bond donors (Lipinski definition) is 3. The molecule has 3 N–H and O–H groups in total. The normalized spacial score (nSPS) is 14.1. The van der Waals surface area contributed by atoms with Crippen LogP contribution in [-0.4, -0.2) is 65.7 Å². The van der Waals surface area contributed by atoms with Crippen molar-refractivity contribution in [3.8, 4) is 0 Å². The highest BCUT2D eigenvalue weighted by atomic mass is 31.2. The smallest absolute Gasteiger partial charge is 0.462 e. The van der Waals surface area contributed by atoms with E-state index < -0.39 is 51.8 Å². The first kappa shape index (κ1) is 52.9. The van der Waals surface area contributed by atoms with E-state index in [0.29, 0.717) is 19.3 Å². The number of ether oxygens (including phenoxy) is 2. The van der Waals surface area contributed by atoms with Gasteiger partial charge in [0.25, 0.3) is 0 Å². The standard InChI is InChI=1S/C44H79O10P/c1-3-5-7-9-11-13-15-17-19-20-22-24-26-28-30-32-34-36-44(48)54-42(40-53-55(49,50)52-38-41(46)37-45)39-51-43(47)35-33-31-29-27-25-23-21-18-16-14-12-10-8-6-4-2/h4,17,19,22,24,28,30,41-42,45-46H,2-3,5-16,18,20-21,23,25-27,29,31-40H2,1H3,(H,49,50)/b19-17+,24-22+,30-28+/t41-,42+/m0/s1. The predicted octanol–water partition coefficient (Wildman–Crippen LogP) is 11.3. The van der Waals surface area contributed by atoms with Gasteiger partial charge in [-0.2, -0.15) is 0 Å². The number of aliphatic hydroxyl groups is 2. The van der Waals surface area contributed by atoms with E-state index in [-0.39, 0.29) is 19.4 Å². The molecule has 0 aliphatic heterocycles. The number of aliphatic hydroxyl groups excluding tert-OH is 2. The van der Waals surface area contributed by atoms with Gasteiger partial charge < -0.3 is 24.6 Å². The molecule has 0 saturated carbocycles. The summed E-state index contributed by atoms with van der Waals surface area (Å²) in [6.07, 6.45) is 41.2. The molecule has 11 heteroatoms. The van der Waals surface area contributed by atoms with Crippen LogP contribution in [0.25, 0.3) is 0 Å². The molecule has 0 aromatic rings. The number of hydrogen-bond acceptors (Lipinski definition) is 9. The van der Waals surface area contributed by atoms with Crippen molar-refractivity contribution >= 4 is 19.8 Å². The van der Waals surface area contributed by atoms with Gasteiger partial charge in [0.2, 0.25) is 0 Å². The van der Waals surface area contributed by atoms with Crippen LogP contribution in [0.3, 0.4) is 0 Å². The molecule has 0 aliphatic carbocycles. The third kappa shape index (κ3) is 39.9. The Kier molecular flexibility index (Phi) is 38.6. The summed E-state index contributed by atoms with van der Waals surface area (Å²) in [5, 5.41) is 18.3. The molecule has 0 bridgehead atoms. The number of unbranched alkanes of at least 4 members (excludes halogenated alkanes) is 20. The molecule has 10 nitrogen and oxygen atoms in total. The van der Waals surface area contributed by atoms with Crippen molar-refractivity contribution in [2.24, 2.45) is 0 Å². The van der Waals surface area contributed by atoms with Gasteiger partial charge in [0, 0.05) is 12.8 Å². The van der Waals surface area contributed by atoms with Gasteiger partial charge in [-0.25, -0.2) is 4.57 Å². The van der Waals surface area contributed by atoms with Crippen molar-refractivity contribution in [1.29, 1.82) is 0 Å². The maximum atomic E-state index is 12.6. The van der Waals surface area contributed by atoms with E-state index in [1.165, 1.54) is 96.3 Å². The predicted molar refractivity (Wildman–Crippen MR) is 224 cm³/mol. The fourth-order valence-corrected chi connectivity index (χ4v) is 6.54. The molecule has 55 heavy (non-hydrogen) atoms. The molecule has 0 aliphatic rings. The van der Waals surface area contributed by atoms with E-state index in [2.05, 4.69) is 48.4 Å². The maximum absolute atomic E-state index is 12.6. The SMILES string of the molecule is C=CCCCCCCCCCCCCCCCC(=O)OC[C@H](COP(=O)(O)OC[C@@H](O)CO)OC(=O)CCC/C=C/C/C=C/C/C=C/CCCCCCCC. The van der Waals surface area contributed by atoms with E-state index >= 15 is 0 Å². The molecule has 0 saturated heterocycles. The summed E-state index contributed by atoms with van der Waals surface area (Å²) in [6, 6.07) is 0. The number of carbonyl (C=O) groups is 2. The van der Waals surface area contributed by atoms with Crippen LogP contribution in [0.4, 0.5) is 0 Å². The summed E-state index contributed by atoms with van der Waals surface area (Å²) in [6.45, 7) is 3.83. The van der Waals surface area contributed by atoms with Crippen LogP contribution >= 0.6 is 7.82 Å².